The fourth-order valence-electron chi connectivity index (χ4n) is 0.969. The van der Waals surface area contributed by atoms with E-state index in [1.807, 2.05) is 6.07 Å². The molecule has 13 heavy (non-hydrogen) atoms. The quantitative estimate of drug-likeness (QED) is 0.627. The Kier molecular flexibility index (Phi) is 1.73. The summed E-state index contributed by atoms with van der Waals surface area (Å²) >= 11 is 0. The van der Waals surface area contributed by atoms with Crippen molar-refractivity contribution in [1.82, 2.24) is 20.0 Å². The van der Waals surface area contributed by atoms with Crippen LogP contribution in [0.1, 0.15) is 5.56 Å². The average Bonchev–Trinajstić information content (AvgIpc) is 2.70. The molecule has 5 nitrogen and oxygen atoms in total. The molecule has 5 heteroatoms. The molecule has 0 radical (unpaired) electrons. The maximum atomic E-state index is 8.76. The number of pyridine rings is 1. The summed E-state index contributed by atoms with van der Waals surface area (Å²) in [5, 5.41) is 16.5. The van der Waals surface area contributed by atoms with Crippen LogP contribution in [-0.2, 0) is 0 Å². The lowest BCUT2D eigenvalue weighted by Gasteiger charge is -1.98. The highest BCUT2D eigenvalue weighted by Gasteiger charge is 2.04. The van der Waals surface area contributed by atoms with E-state index in [2.05, 4.69) is 15.2 Å². The van der Waals surface area contributed by atoms with E-state index >= 15 is 0 Å². The van der Waals surface area contributed by atoms with Crippen LogP contribution in [0.15, 0.2) is 30.7 Å². The van der Waals surface area contributed by atoms with Gasteiger partial charge in [-0.15, -0.1) is 4.80 Å². The van der Waals surface area contributed by atoms with Crippen molar-refractivity contribution >= 4 is 0 Å². The van der Waals surface area contributed by atoms with Crippen molar-refractivity contribution < 1.29 is 0 Å². The minimum Gasteiger partial charge on any atom is -0.234 e. The summed E-state index contributed by atoms with van der Waals surface area (Å²) < 4.78 is 0. The van der Waals surface area contributed by atoms with Crippen molar-refractivity contribution in [3.05, 3.63) is 36.3 Å². The van der Waals surface area contributed by atoms with Gasteiger partial charge >= 0.3 is 0 Å². The van der Waals surface area contributed by atoms with E-state index in [0.29, 0.717) is 11.4 Å². The van der Waals surface area contributed by atoms with Crippen LogP contribution >= 0.6 is 0 Å². The standard InChI is InChI=1S/C8H5N5/c9-6-7-2-1-3-10-8(7)13-11-4-5-12-13/h1-5H. The number of hydrogen-bond donors (Lipinski definition) is 0. The lowest BCUT2D eigenvalue weighted by Crippen LogP contribution is -2.03. The van der Waals surface area contributed by atoms with Crippen molar-refractivity contribution in [2.75, 3.05) is 0 Å². The van der Waals surface area contributed by atoms with Crippen molar-refractivity contribution in [3.63, 3.8) is 0 Å². The van der Waals surface area contributed by atoms with Gasteiger partial charge in [0.1, 0.15) is 6.07 Å². The van der Waals surface area contributed by atoms with Gasteiger partial charge < -0.3 is 0 Å². The molecule has 0 unspecified atom stereocenters. The predicted molar refractivity (Wildman–Crippen MR) is 43.9 cm³/mol. The monoisotopic (exact) mass is 171 g/mol. The van der Waals surface area contributed by atoms with Gasteiger partial charge in [-0.1, -0.05) is 0 Å². The maximum Gasteiger partial charge on any atom is 0.192 e. The number of hydrogen-bond acceptors (Lipinski definition) is 4. The molecule has 0 saturated carbocycles. The van der Waals surface area contributed by atoms with Crippen LogP contribution < -0.4 is 0 Å². The third-order valence-electron chi connectivity index (χ3n) is 1.52. The second-order valence-electron chi connectivity index (χ2n) is 2.30. The largest absolute Gasteiger partial charge is 0.234 e. The van der Waals surface area contributed by atoms with Gasteiger partial charge in [0, 0.05) is 6.20 Å². The van der Waals surface area contributed by atoms with Gasteiger partial charge in [-0.05, 0) is 12.1 Å². The van der Waals surface area contributed by atoms with Crippen molar-refractivity contribution in [2.24, 2.45) is 0 Å². The van der Waals surface area contributed by atoms with Gasteiger partial charge in [-0.3, -0.25) is 0 Å². The smallest absolute Gasteiger partial charge is 0.192 e. The van der Waals surface area contributed by atoms with Gasteiger partial charge in [-0.25, -0.2) is 4.98 Å². The number of aromatic nitrogens is 4. The van der Waals surface area contributed by atoms with Crippen LogP contribution in [0.25, 0.3) is 5.82 Å². The Morgan fingerprint density at radius 3 is 2.69 bits per heavy atom. The van der Waals surface area contributed by atoms with Gasteiger partial charge in [-0.2, -0.15) is 15.5 Å². The summed E-state index contributed by atoms with van der Waals surface area (Å²) in [7, 11) is 0. The van der Waals surface area contributed by atoms with Gasteiger partial charge in [0.2, 0.25) is 0 Å². The third-order valence-corrected chi connectivity index (χ3v) is 1.52. The summed E-state index contributed by atoms with van der Waals surface area (Å²) in [6.07, 6.45) is 4.67. The van der Waals surface area contributed by atoms with Crippen LogP contribution in [0.3, 0.4) is 0 Å². The lowest BCUT2D eigenvalue weighted by atomic mass is 10.3. The van der Waals surface area contributed by atoms with E-state index in [-0.39, 0.29) is 0 Å². The molecule has 2 aromatic heterocycles. The zero-order chi connectivity index (χ0) is 9.10. The topological polar surface area (TPSA) is 67.4 Å². The van der Waals surface area contributed by atoms with Crippen LogP contribution in [0.2, 0.25) is 0 Å². The Morgan fingerprint density at radius 2 is 2.00 bits per heavy atom. The van der Waals surface area contributed by atoms with E-state index in [0.717, 1.165) is 0 Å². The third kappa shape index (κ3) is 1.25. The van der Waals surface area contributed by atoms with Gasteiger partial charge in [0.25, 0.3) is 0 Å². The summed E-state index contributed by atoms with van der Waals surface area (Å²) in [5.74, 6) is 0.454. The fourth-order valence-corrected chi connectivity index (χ4v) is 0.969. The summed E-state index contributed by atoms with van der Waals surface area (Å²) in [5.41, 5.74) is 0.457. The molecule has 0 aliphatic heterocycles. The van der Waals surface area contributed by atoms with Crippen LogP contribution in [0, 0.1) is 11.3 Å². The zero-order valence-corrected chi connectivity index (χ0v) is 6.62. The zero-order valence-electron chi connectivity index (χ0n) is 6.62. The second-order valence-corrected chi connectivity index (χ2v) is 2.30. The molecule has 2 rings (SSSR count). The first kappa shape index (κ1) is 7.43. The predicted octanol–water partition coefficient (Wildman–Crippen LogP) is 0.534. The van der Waals surface area contributed by atoms with Crippen LogP contribution in [0.5, 0.6) is 0 Å². The van der Waals surface area contributed by atoms with E-state index in [1.54, 1.807) is 18.3 Å². The Balaban J connectivity index is 2.59. The molecular weight excluding hydrogens is 166 g/mol. The maximum absolute atomic E-state index is 8.76. The average molecular weight is 171 g/mol. The molecule has 0 aromatic carbocycles. The number of rotatable bonds is 1. The van der Waals surface area contributed by atoms with E-state index in [1.165, 1.54) is 17.2 Å². The molecule has 0 atom stereocenters. The highest BCUT2D eigenvalue weighted by Crippen LogP contribution is 2.06. The molecule has 2 heterocycles. The molecule has 0 spiro atoms. The van der Waals surface area contributed by atoms with Gasteiger partial charge in [0.15, 0.2) is 5.82 Å². The molecule has 0 amide bonds. The highest BCUT2D eigenvalue weighted by atomic mass is 15.5. The molecule has 0 aliphatic carbocycles. The molecule has 0 saturated heterocycles. The Labute approximate surface area is 74.3 Å². The second kappa shape index (κ2) is 3.03. The minimum absolute atomic E-state index is 0.454. The molecule has 0 N–H and O–H groups in total. The lowest BCUT2D eigenvalue weighted by molar-refractivity contribution is 0.727. The van der Waals surface area contributed by atoms with Gasteiger partial charge in [0.05, 0.1) is 18.0 Å². The minimum atomic E-state index is 0.454. The molecular formula is C8H5N5. The highest BCUT2D eigenvalue weighted by molar-refractivity contribution is 5.41. The molecule has 0 aliphatic rings. The summed E-state index contributed by atoms with van der Waals surface area (Å²) in [6, 6.07) is 5.39. The van der Waals surface area contributed by atoms with E-state index < -0.39 is 0 Å². The normalized spacial score (nSPS) is 9.46. The first-order chi connectivity index (χ1) is 6.42. The molecule has 62 valence electrons. The molecule has 0 bridgehead atoms. The van der Waals surface area contributed by atoms with Crippen molar-refractivity contribution in [2.45, 2.75) is 0 Å². The van der Waals surface area contributed by atoms with Crippen LogP contribution in [-0.4, -0.2) is 20.0 Å². The Bertz CT molecular complexity index is 440. The van der Waals surface area contributed by atoms with Crippen molar-refractivity contribution in [1.29, 1.82) is 5.26 Å². The van der Waals surface area contributed by atoms with Crippen LogP contribution in [0.4, 0.5) is 0 Å². The summed E-state index contributed by atoms with van der Waals surface area (Å²) in [4.78, 5) is 5.33. The number of nitriles is 1. The van der Waals surface area contributed by atoms with E-state index in [9.17, 15) is 0 Å². The molecule has 2 aromatic rings. The molecule has 0 fully saturated rings. The summed E-state index contributed by atoms with van der Waals surface area (Å²) in [6.45, 7) is 0. The Morgan fingerprint density at radius 1 is 1.23 bits per heavy atom. The number of nitrogens with zero attached hydrogens (tertiary/aromatic N) is 5. The first-order valence-electron chi connectivity index (χ1n) is 3.63. The van der Waals surface area contributed by atoms with Crippen molar-refractivity contribution in [3.8, 4) is 11.9 Å². The first-order valence-corrected chi connectivity index (χ1v) is 3.63. The Hall–Kier alpha value is -2.22. The van der Waals surface area contributed by atoms with E-state index in [4.69, 9.17) is 5.26 Å². The fraction of sp³-hybridized carbons (Fsp3) is 0. The SMILES string of the molecule is N#Cc1cccnc1-n1nccn1.